The molecular formula is C2H4O4SU. The summed E-state index contributed by atoms with van der Waals surface area (Å²) in [5.74, 6) is 0. The van der Waals surface area contributed by atoms with Crippen LogP contribution in [0.25, 0.3) is 0 Å². The SMILES string of the molecule is C[C-]=O.O=S([O-])O.[U+2]. The molecule has 0 aromatic rings. The van der Waals surface area contributed by atoms with Crippen molar-refractivity contribution in [2.75, 3.05) is 0 Å². The smallest absolute Gasteiger partial charge is 0.750 e. The van der Waals surface area contributed by atoms with Gasteiger partial charge in [-0.25, -0.2) is 4.21 Å². The molecule has 1 atom stereocenters. The molecule has 0 heterocycles. The molecule has 0 aromatic heterocycles. The van der Waals surface area contributed by atoms with E-state index in [4.69, 9.17) is 18.1 Å². The van der Waals surface area contributed by atoms with Gasteiger partial charge in [-0.1, -0.05) is 0 Å². The molecular weight excluding hydrogens is 358 g/mol. The van der Waals surface area contributed by atoms with Crippen LogP contribution in [0, 0.1) is 31.1 Å². The second-order valence-electron chi connectivity index (χ2n) is 0.421. The molecule has 0 aliphatic carbocycles. The van der Waals surface area contributed by atoms with Crippen LogP contribution in [0.4, 0.5) is 0 Å². The maximum atomic E-state index is 8.68. The van der Waals surface area contributed by atoms with Crippen LogP contribution in [0.3, 0.4) is 0 Å². The average Bonchev–Trinajstić information content (AvgIpc) is 1.33. The van der Waals surface area contributed by atoms with E-state index in [1.54, 1.807) is 0 Å². The van der Waals surface area contributed by atoms with Crippen molar-refractivity contribution >= 4 is 17.6 Å². The first kappa shape index (κ1) is 15.9. The van der Waals surface area contributed by atoms with Gasteiger partial charge in [-0.05, 0) is 0 Å². The fourth-order valence-corrected chi connectivity index (χ4v) is 0. The van der Waals surface area contributed by atoms with Gasteiger partial charge in [0.15, 0.2) is 0 Å². The molecule has 0 amide bonds. The Bertz CT molecular complexity index is 61.1. The molecule has 0 aliphatic rings. The summed E-state index contributed by atoms with van der Waals surface area (Å²) in [6.45, 7) is 1.32. The minimum atomic E-state index is -2.86. The van der Waals surface area contributed by atoms with E-state index in [2.05, 4.69) is 0 Å². The van der Waals surface area contributed by atoms with E-state index in [0.717, 1.165) is 0 Å². The molecule has 0 bridgehead atoms. The van der Waals surface area contributed by atoms with Crippen LogP contribution < -0.4 is 0 Å². The van der Waals surface area contributed by atoms with Crippen LogP contribution >= 0.6 is 0 Å². The first-order valence-electron chi connectivity index (χ1n) is 1.22. The van der Waals surface area contributed by atoms with E-state index in [-0.39, 0.29) is 31.1 Å². The van der Waals surface area contributed by atoms with Crippen molar-refractivity contribution in [2.45, 2.75) is 6.92 Å². The normalized spacial score (nSPS) is 9.38. The summed E-state index contributed by atoms with van der Waals surface area (Å²) in [4.78, 5) is 8.68. The van der Waals surface area contributed by atoms with Crippen molar-refractivity contribution in [3.05, 3.63) is 0 Å². The van der Waals surface area contributed by atoms with Crippen LogP contribution in [0.5, 0.6) is 0 Å². The maximum absolute atomic E-state index is 8.68. The number of hydrogen-bond donors (Lipinski definition) is 1. The molecule has 8 heavy (non-hydrogen) atoms. The summed E-state index contributed by atoms with van der Waals surface area (Å²) in [5.41, 5.74) is 0. The molecule has 1 unspecified atom stereocenters. The molecule has 1 N–H and O–H groups in total. The van der Waals surface area contributed by atoms with Crippen molar-refractivity contribution in [1.82, 2.24) is 0 Å². The number of rotatable bonds is 0. The summed E-state index contributed by atoms with van der Waals surface area (Å²) < 4.78 is 24.1. The zero-order valence-electron chi connectivity index (χ0n) is 4.08. The van der Waals surface area contributed by atoms with E-state index in [1.165, 1.54) is 13.2 Å². The Balaban J connectivity index is -0.0000000575. The molecule has 0 saturated carbocycles. The van der Waals surface area contributed by atoms with Crippen molar-refractivity contribution in [1.29, 1.82) is 0 Å². The zero-order valence-corrected chi connectivity index (χ0v) is 9.06. The molecule has 0 aromatic carbocycles. The van der Waals surface area contributed by atoms with Gasteiger partial charge in [-0.15, -0.1) is 0 Å². The van der Waals surface area contributed by atoms with Gasteiger partial charge in [0.2, 0.25) is 0 Å². The Labute approximate surface area is 73.5 Å². The molecule has 6 heteroatoms. The largest absolute Gasteiger partial charge is 2.00 e. The van der Waals surface area contributed by atoms with Gasteiger partial charge in [0.05, 0.1) is 11.4 Å². The average molecular weight is 362 g/mol. The van der Waals surface area contributed by atoms with E-state index in [9.17, 15) is 0 Å². The van der Waals surface area contributed by atoms with Crippen molar-refractivity contribution in [3.8, 4) is 0 Å². The Morgan fingerprint density at radius 1 is 1.75 bits per heavy atom. The maximum Gasteiger partial charge on any atom is 2.00 e. The Kier molecular flexibility index (Phi) is 31.1. The molecule has 0 saturated heterocycles. The van der Waals surface area contributed by atoms with Crippen molar-refractivity contribution in [2.24, 2.45) is 0 Å². The number of hydrogen-bond acceptors (Lipinski definition) is 3. The van der Waals surface area contributed by atoms with E-state index < -0.39 is 11.4 Å². The van der Waals surface area contributed by atoms with E-state index in [0.29, 0.717) is 0 Å². The third-order valence-corrected chi connectivity index (χ3v) is 0. The Morgan fingerprint density at radius 3 is 1.75 bits per heavy atom. The van der Waals surface area contributed by atoms with Crippen LogP contribution in [-0.2, 0) is 16.2 Å². The summed E-state index contributed by atoms with van der Waals surface area (Å²) in [6, 6.07) is 0. The van der Waals surface area contributed by atoms with Crippen LogP contribution in [0.1, 0.15) is 6.92 Å². The van der Waals surface area contributed by atoms with Gasteiger partial charge >= 0.3 is 31.1 Å². The standard InChI is InChI=1S/C2H3O.H2O3S.U/c1-2-3;1-4(2)3;/h1H3;(H2,1,2,3);/q-1;;+2/p-1. The summed E-state index contributed by atoms with van der Waals surface area (Å²) in [5, 5.41) is 0. The molecule has 0 spiro atoms. The van der Waals surface area contributed by atoms with Crippen LogP contribution in [-0.4, -0.2) is 19.6 Å². The van der Waals surface area contributed by atoms with Crippen molar-refractivity contribution in [3.63, 3.8) is 0 Å². The molecule has 4 nitrogen and oxygen atoms in total. The molecule has 0 aliphatic heterocycles. The molecule has 0 radical (unpaired) electrons. The van der Waals surface area contributed by atoms with E-state index >= 15 is 0 Å². The third kappa shape index (κ3) is 363. The molecule has 0 fully saturated rings. The minimum Gasteiger partial charge on any atom is -0.750 e. The van der Waals surface area contributed by atoms with Gasteiger partial charge in [-0.3, -0.25) is 6.29 Å². The minimum absolute atomic E-state index is 0. The van der Waals surface area contributed by atoms with Gasteiger partial charge in [0.1, 0.15) is 0 Å². The second-order valence-corrected chi connectivity index (χ2v) is 0.855. The first-order chi connectivity index (χ1) is 3.15. The summed E-state index contributed by atoms with van der Waals surface area (Å²) in [6.07, 6.45) is 1.50. The number of carbonyl (C=O) groups excluding carboxylic acids is 1. The van der Waals surface area contributed by atoms with Crippen molar-refractivity contribution < 1.29 is 49.2 Å². The summed E-state index contributed by atoms with van der Waals surface area (Å²) >= 11 is -2.86. The van der Waals surface area contributed by atoms with Gasteiger partial charge in [-0.2, -0.15) is 6.92 Å². The fourth-order valence-electron chi connectivity index (χ4n) is 0. The molecule has 0 rings (SSSR count). The monoisotopic (exact) mass is 362 g/mol. The zero-order chi connectivity index (χ0) is 6.28. The predicted octanol–water partition coefficient (Wildman–Crippen LogP) is -0.545. The quantitative estimate of drug-likeness (QED) is 0.464. The van der Waals surface area contributed by atoms with Gasteiger partial charge < -0.3 is 13.9 Å². The van der Waals surface area contributed by atoms with Crippen LogP contribution in [0.15, 0.2) is 0 Å². The predicted molar refractivity (Wildman–Crippen MR) is 22.9 cm³/mol. The third-order valence-electron chi connectivity index (χ3n) is 0. The fraction of sp³-hybridized carbons (Fsp3) is 0.500. The van der Waals surface area contributed by atoms with Gasteiger partial charge in [0.25, 0.3) is 0 Å². The second kappa shape index (κ2) is 15.7. The van der Waals surface area contributed by atoms with Crippen LogP contribution in [0.2, 0.25) is 0 Å². The molecule has 46 valence electrons. The Hall–Kier alpha value is 0.792. The summed E-state index contributed by atoms with van der Waals surface area (Å²) in [7, 11) is 0. The first-order valence-corrected chi connectivity index (χ1v) is 2.25. The Morgan fingerprint density at radius 2 is 1.75 bits per heavy atom. The topological polar surface area (TPSA) is 77.4 Å². The van der Waals surface area contributed by atoms with Gasteiger partial charge in [0, 0.05) is 0 Å². The van der Waals surface area contributed by atoms with E-state index in [1.807, 2.05) is 0 Å².